The van der Waals surface area contributed by atoms with Gasteiger partial charge in [0.05, 0.1) is 20.3 Å². The molecule has 0 aromatic heterocycles. The second kappa shape index (κ2) is 10.2. The Bertz CT molecular complexity index is 1300. The number of carbonyl (C=O) groups is 1. The van der Waals surface area contributed by atoms with Crippen LogP contribution in [0.3, 0.4) is 0 Å². The van der Waals surface area contributed by atoms with Gasteiger partial charge in [-0.2, -0.15) is 0 Å². The molecule has 2 unspecified atom stereocenters. The third kappa shape index (κ3) is 4.12. The molecular weight excluding hydrogens is 472 g/mol. The number of ether oxygens (including phenoxy) is 5. The highest BCUT2D eigenvalue weighted by molar-refractivity contribution is 5.88. The van der Waals surface area contributed by atoms with Crippen molar-refractivity contribution in [3.63, 3.8) is 0 Å². The smallest absolute Gasteiger partial charge is 0.315 e. The summed E-state index contributed by atoms with van der Waals surface area (Å²) in [6.07, 6.45) is 1.88. The lowest BCUT2D eigenvalue weighted by Gasteiger charge is -2.34. The Morgan fingerprint density at radius 2 is 1.70 bits per heavy atom. The van der Waals surface area contributed by atoms with E-state index in [1.807, 2.05) is 68.4 Å². The highest BCUT2D eigenvalue weighted by Gasteiger charge is 2.56. The van der Waals surface area contributed by atoms with Gasteiger partial charge in [-0.15, -0.1) is 0 Å². The van der Waals surface area contributed by atoms with Crippen LogP contribution in [0.4, 0.5) is 0 Å². The largest absolute Gasteiger partial charge is 0.493 e. The summed E-state index contributed by atoms with van der Waals surface area (Å²) in [4.78, 5) is 13.5. The lowest BCUT2D eigenvalue weighted by molar-refractivity contribution is -0.144. The second-order valence-electron chi connectivity index (χ2n) is 9.36. The van der Waals surface area contributed by atoms with Gasteiger partial charge < -0.3 is 28.8 Å². The minimum Gasteiger partial charge on any atom is -0.493 e. The first-order chi connectivity index (χ1) is 18.0. The van der Waals surface area contributed by atoms with Crippen molar-refractivity contribution in [3.05, 3.63) is 76.9 Å². The van der Waals surface area contributed by atoms with Crippen molar-refractivity contribution in [1.29, 1.82) is 0 Å². The minimum absolute atomic E-state index is 0.143. The van der Waals surface area contributed by atoms with E-state index in [0.717, 1.165) is 29.5 Å². The summed E-state index contributed by atoms with van der Waals surface area (Å²) in [5.41, 5.74) is 1.81. The molecule has 2 atom stereocenters. The van der Waals surface area contributed by atoms with E-state index in [0.29, 0.717) is 47.5 Å². The lowest BCUT2D eigenvalue weighted by Crippen LogP contribution is -2.41. The summed E-state index contributed by atoms with van der Waals surface area (Å²) in [5.74, 6) is 1.56. The highest BCUT2D eigenvalue weighted by atomic mass is 16.7. The number of hydrogen-bond donors (Lipinski definition) is 1. The monoisotopic (exact) mass is 504 g/mol. The van der Waals surface area contributed by atoms with Gasteiger partial charge in [-0.05, 0) is 54.7 Å². The Balaban J connectivity index is 1.76. The van der Waals surface area contributed by atoms with Crippen molar-refractivity contribution in [2.75, 3.05) is 27.1 Å². The summed E-state index contributed by atoms with van der Waals surface area (Å²) < 4.78 is 29.1. The third-order valence-corrected chi connectivity index (χ3v) is 7.13. The van der Waals surface area contributed by atoms with E-state index in [9.17, 15) is 9.90 Å². The van der Waals surface area contributed by atoms with E-state index in [2.05, 4.69) is 0 Å². The van der Waals surface area contributed by atoms with Gasteiger partial charge in [0.25, 0.3) is 0 Å². The molecule has 1 heterocycles. The molecule has 1 N–H and O–H groups in total. The zero-order valence-corrected chi connectivity index (χ0v) is 21.4. The Morgan fingerprint density at radius 1 is 0.973 bits per heavy atom. The normalized spacial score (nSPS) is 19.4. The Labute approximate surface area is 216 Å². The van der Waals surface area contributed by atoms with Crippen LogP contribution >= 0.6 is 0 Å². The van der Waals surface area contributed by atoms with Crippen LogP contribution in [0.1, 0.15) is 54.9 Å². The molecule has 3 aromatic carbocycles. The van der Waals surface area contributed by atoms with E-state index in [1.54, 1.807) is 7.11 Å². The molecule has 0 saturated heterocycles. The number of benzene rings is 3. The van der Waals surface area contributed by atoms with Gasteiger partial charge in [-0.25, -0.2) is 0 Å². The van der Waals surface area contributed by atoms with Crippen LogP contribution < -0.4 is 23.7 Å². The highest BCUT2D eigenvalue weighted by Crippen LogP contribution is 2.58. The van der Waals surface area contributed by atoms with Crippen molar-refractivity contribution in [1.82, 2.24) is 0 Å². The number of methoxy groups -OCH3 is 1. The number of aliphatic carboxylic acids is 1. The molecule has 0 radical (unpaired) electrons. The molecule has 1 aliphatic heterocycles. The van der Waals surface area contributed by atoms with Gasteiger partial charge in [0.2, 0.25) is 6.79 Å². The van der Waals surface area contributed by atoms with E-state index in [4.69, 9.17) is 23.7 Å². The average Bonchev–Trinajstić information content (AvgIpc) is 3.53. The molecule has 0 spiro atoms. The maximum Gasteiger partial charge on any atom is 0.315 e. The van der Waals surface area contributed by atoms with Crippen LogP contribution in [-0.4, -0.2) is 38.2 Å². The SMILES string of the molecule is CCCOc1ccccc1C1(C(=O)O)Cc2c(ccc(OCCC)c2OC)C1c1ccc2c(c1)OCO2. The van der Waals surface area contributed by atoms with Crippen LogP contribution in [0.15, 0.2) is 54.6 Å². The van der Waals surface area contributed by atoms with Gasteiger partial charge in [0, 0.05) is 17.0 Å². The van der Waals surface area contributed by atoms with Gasteiger partial charge in [0.1, 0.15) is 11.2 Å². The Morgan fingerprint density at radius 3 is 2.43 bits per heavy atom. The predicted octanol–water partition coefficient (Wildman–Crippen LogP) is 5.71. The molecule has 5 rings (SSSR count). The standard InChI is InChI=1S/C30H32O7/c1-4-14-34-23-9-7-6-8-22(23)30(29(31)32)17-21-20(11-13-25(28(21)33-3)35-15-5-2)27(30)19-10-12-24-26(16-19)37-18-36-24/h6-13,16,27H,4-5,14-15,17-18H2,1-3H3,(H,31,32). The van der Waals surface area contributed by atoms with E-state index >= 15 is 0 Å². The fraction of sp³-hybridized carbons (Fsp3) is 0.367. The first kappa shape index (κ1) is 24.8. The summed E-state index contributed by atoms with van der Waals surface area (Å²) >= 11 is 0. The second-order valence-corrected chi connectivity index (χ2v) is 9.36. The molecule has 194 valence electrons. The summed E-state index contributed by atoms with van der Waals surface area (Å²) in [5, 5.41) is 11.1. The van der Waals surface area contributed by atoms with Gasteiger partial charge in [0.15, 0.2) is 23.0 Å². The average molecular weight is 505 g/mol. The van der Waals surface area contributed by atoms with Crippen LogP contribution in [0.2, 0.25) is 0 Å². The number of rotatable bonds is 10. The quantitative estimate of drug-likeness (QED) is 0.378. The molecule has 2 aliphatic rings. The van der Waals surface area contributed by atoms with Crippen molar-refractivity contribution in [3.8, 4) is 28.7 Å². The van der Waals surface area contributed by atoms with Crippen LogP contribution in [0.5, 0.6) is 28.7 Å². The number of para-hydroxylation sites is 1. The van der Waals surface area contributed by atoms with E-state index < -0.39 is 17.3 Å². The number of hydrogen-bond acceptors (Lipinski definition) is 6. The number of carboxylic acids is 1. The molecule has 0 bridgehead atoms. The van der Waals surface area contributed by atoms with Crippen molar-refractivity contribution >= 4 is 5.97 Å². The zero-order valence-electron chi connectivity index (χ0n) is 21.4. The van der Waals surface area contributed by atoms with Crippen molar-refractivity contribution in [2.45, 2.75) is 44.4 Å². The molecule has 3 aromatic rings. The summed E-state index contributed by atoms with van der Waals surface area (Å²) in [6.45, 7) is 5.24. The first-order valence-electron chi connectivity index (χ1n) is 12.7. The fourth-order valence-electron chi connectivity index (χ4n) is 5.57. The van der Waals surface area contributed by atoms with Crippen LogP contribution in [0, 0.1) is 0 Å². The molecule has 7 nitrogen and oxygen atoms in total. The van der Waals surface area contributed by atoms with Crippen molar-refractivity contribution < 1.29 is 33.6 Å². The van der Waals surface area contributed by atoms with Crippen molar-refractivity contribution in [2.24, 2.45) is 0 Å². The van der Waals surface area contributed by atoms with Crippen LogP contribution in [-0.2, 0) is 16.6 Å². The molecule has 37 heavy (non-hydrogen) atoms. The number of carboxylic acid groups (broad SMARTS) is 1. The maximum absolute atomic E-state index is 13.5. The topological polar surface area (TPSA) is 83.5 Å². The van der Waals surface area contributed by atoms with Gasteiger partial charge in [-0.3, -0.25) is 4.79 Å². The Kier molecular flexibility index (Phi) is 6.87. The maximum atomic E-state index is 13.5. The van der Waals surface area contributed by atoms with E-state index in [1.165, 1.54) is 0 Å². The lowest BCUT2D eigenvalue weighted by atomic mass is 9.67. The Hall–Kier alpha value is -3.87. The van der Waals surface area contributed by atoms with Crippen LogP contribution in [0.25, 0.3) is 0 Å². The minimum atomic E-state index is -1.35. The van der Waals surface area contributed by atoms with E-state index in [-0.39, 0.29) is 13.2 Å². The molecule has 7 heteroatoms. The summed E-state index contributed by atoms with van der Waals surface area (Å²) in [7, 11) is 1.60. The molecule has 0 saturated carbocycles. The molecule has 0 fully saturated rings. The molecular formula is C30H32O7. The number of fused-ring (bicyclic) bond motifs is 2. The third-order valence-electron chi connectivity index (χ3n) is 7.13. The molecule has 0 amide bonds. The molecule has 1 aliphatic carbocycles. The predicted molar refractivity (Wildman–Crippen MR) is 138 cm³/mol. The first-order valence-corrected chi connectivity index (χ1v) is 12.7. The van der Waals surface area contributed by atoms with Gasteiger partial charge in [-0.1, -0.05) is 44.2 Å². The fourth-order valence-corrected chi connectivity index (χ4v) is 5.57. The van der Waals surface area contributed by atoms with Gasteiger partial charge >= 0.3 is 5.97 Å². The summed E-state index contributed by atoms with van der Waals surface area (Å²) in [6, 6.07) is 17.0. The zero-order chi connectivity index (χ0) is 26.0.